The van der Waals surface area contributed by atoms with Crippen LogP contribution in [0.15, 0.2) is 0 Å². The van der Waals surface area contributed by atoms with Crippen LogP contribution in [0.25, 0.3) is 0 Å². The Bertz CT molecular complexity index is 146. The van der Waals surface area contributed by atoms with Crippen molar-refractivity contribution in [2.75, 3.05) is 12.4 Å². The van der Waals surface area contributed by atoms with Gasteiger partial charge in [-0.2, -0.15) is 0 Å². The first-order valence-corrected chi connectivity index (χ1v) is 5.94. The summed E-state index contributed by atoms with van der Waals surface area (Å²) in [6.45, 7) is 8.67. The Balaban J connectivity index is 3.80. The van der Waals surface area contributed by atoms with E-state index in [1.807, 2.05) is 13.8 Å². The second-order valence-corrected chi connectivity index (χ2v) is 4.61. The number of carbonyl (C=O) groups is 1. The smallest absolute Gasteiger partial charge is 0.319 e. The molecule has 0 aromatic carbocycles. The predicted octanol–water partition coefficient (Wildman–Crippen LogP) is 2.72. The highest BCUT2D eigenvalue weighted by Gasteiger charge is 2.17. The first-order valence-electron chi connectivity index (χ1n) is 4.90. The minimum Gasteiger partial charge on any atom is -0.465 e. The van der Waals surface area contributed by atoms with Crippen molar-refractivity contribution in [3.05, 3.63) is 0 Å². The maximum Gasteiger partial charge on any atom is 0.319 e. The summed E-state index contributed by atoms with van der Waals surface area (Å²) in [5.74, 6) is 1.60. The lowest BCUT2D eigenvalue weighted by atomic mass is 10.3. The van der Waals surface area contributed by atoms with Crippen LogP contribution in [-0.4, -0.2) is 23.6 Å². The monoisotopic (exact) mass is 204 g/mol. The summed E-state index contributed by atoms with van der Waals surface area (Å²) in [4.78, 5) is 11.3. The molecule has 0 aromatic heterocycles. The molecule has 0 aliphatic heterocycles. The van der Waals surface area contributed by atoms with Crippen molar-refractivity contribution in [1.29, 1.82) is 0 Å². The maximum absolute atomic E-state index is 11.3. The zero-order chi connectivity index (χ0) is 10.3. The minimum absolute atomic E-state index is 0.0300. The van der Waals surface area contributed by atoms with E-state index in [1.165, 1.54) is 0 Å². The molecule has 0 aliphatic rings. The quantitative estimate of drug-likeness (QED) is 0.622. The van der Waals surface area contributed by atoms with Gasteiger partial charge in [-0.25, -0.2) is 0 Å². The molecule has 0 bridgehead atoms. The predicted molar refractivity (Wildman–Crippen MR) is 58.0 cm³/mol. The van der Waals surface area contributed by atoms with Gasteiger partial charge in [0.15, 0.2) is 0 Å². The number of hydrogen-bond donors (Lipinski definition) is 0. The van der Waals surface area contributed by atoms with E-state index in [4.69, 9.17) is 4.74 Å². The van der Waals surface area contributed by atoms with E-state index >= 15 is 0 Å². The normalized spacial score (nSPS) is 13.0. The minimum atomic E-state index is -0.0596. The fraction of sp³-hybridized carbons (Fsp3) is 0.900. The van der Waals surface area contributed by atoms with Crippen LogP contribution >= 0.6 is 11.8 Å². The molecular formula is C10H20O2S. The molecule has 0 N–H and O–H groups in total. The number of carbonyl (C=O) groups excluding carboxylic acids is 1. The Morgan fingerprint density at radius 1 is 1.38 bits per heavy atom. The van der Waals surface area contributed by atoms with Gasteiger partial charge in [-0.1, -0.05) is 20.8 Å². The molecular weight excluding hydrogens is 184 g/mol. The van der Waals surface area contributed by atoms with Gasteiger partial charge in [0.2, 0.25) is 0 Å². The summed E-state index contributed by atoms with van der Waals surface area (Å²) < 4.78 is 4.97. The van der Waals surface area contributed by atoms with Crippen molar-refractivity contribution >= 4 is 17.7 Å². The largest absolute Gasteiger partial charge is 0.465 e. The molecule has 0 aromatic rings. The Morgan fingerprint density at radius 2 is 2.00 bits per heavy atom. The molecule has 3 heteroatoms. The summed E-state index contributed by atoms with van der Waals surface area (Å²) in [6.07, 6.45) is 0.857. The van der Waals surface area contributed by atoms with Crippen molar-refractivity contribution < 1.29 is 9.53 Å². The SMILES string of the molecule is CCOC(=O)C(CC)SCC(C)C. The van der Waals surface area contributed by atoms with E-state index in [2.05, 4.69) is 13.8 Å². The zero-order valence-electron chi connectivity index (χ0n) is 9.00. The van der Waals surface area contributed by atoms with Gasteiger partial charge in [-0.05, 0) is 25.0 Å². The molecule has 0 aliphatic carbocycles. The fourth-order valence-electron chi connectivity index (χ4n) is 0.896. The highest BCUT2D eigenvalue weighted by atomic mass is 32.2. The first kappa shape index (κ1) is 12.8. The van der Waals surface area contributed by atoms with Gasteiger partial charge in [0.25, 0.3) is 0 Å². The van der Waals surface area contributed by atoms with Gasteiger partial charge in [0.1, 0.15) is 5.25 Å². The summed E-state index contributed by atoms with van der Waals surface area (Å²) in [7, 11) is 0. The zero-order valence-corrected chi connectivity index (χ0v) is 9.82. The molecule has 78 valence electrons. The number of rotatable bonds is 6. The van der Waals surface area contributed by atoms with E-state index < -0.39 is 0 Å². The third-order valence-electron chi connectivity index (χ3n) is 1.55. The number of esters is 1. The molecule has 13 heavy (non-hydrogen) atoms. The molecule has 0 fully saturated rings. The molecule has 1 atom stereocenters. The standard InChI is InChI=1S/C10H20O2S/c1-5-9(10(11)12-6-2)13-7-8(3)4/h8-9H,5-7H2,1-4H3. The first-order chi connectivity index (χ1) is 6.11. The van der Waals surface area contributed by atoms with Crippen LogP contribution < -0.4 is 0 Å². The Morgan fingerprint density at radius 3 is 2.38 bits per heavy atom. The van der Waals surface area contributed by atoms with E-state index in [0.29, 0.717) is 12.5 Å². The number of thioether (sulfide) groups is 1. The summed E-state index contributed by atoms with van der Waals surface area (Å²) >= 11 is 1.70. The molecule has 1 unspecified atom stereocenters. The van der Waals surface area contributed by atoms with Gasteiger partial charge < -0.3 is 4.74 Å². The van der Waals surface area contributed by atoms with Gasteiger partial charge in [-0.15, -0.1) is 11.8 Å². The van der Waals surface area contributed by atoms with Crippen molar-refractivity contribution in [1.82, 2.24) is 0 Å². The molecule has 0 saturated carbocycles. The second-order valence-electron chi connectivity index (χ2n) is 3.38. The van der Waals surface area contributed by atoms with Crippen LogP contribution in [0.1, 0.15) is 34.1 Å². The fourth-order valence-corrected chi connectivity index (χ4v) is 1.95. The van der Waals surface area contributed by atoms with Gasteiger partial charge >= 0.3 is 5.97 Å². The van der Waals surface area contributed by atoms with Crippen LogP contribution in [-0.2, 0) is 9.53 Å². The average Bonchev–Trinajstić information content (AvgIpc) is 2.05. The lowest BCUT2D eigenvalue weighted by molar-refractivity contribution is -0.142. The van der Waals surface area contributed by atoms with Gasteiger partial charge in [0.05, 0.1) is 6.61 Å². The Kier molecular flexibility index (Phi) is 7.14. The topological polar surface area (TPSA) is 26.3 Å². The van der Waals surface area contributed by atoms with E-state index in [-0.39, 0.29) is 11.2 Å². The molecule has 0 heterocycles. The average molecular weight is 204 g/mol. The van der Waals surface area contributed by atoms with Gasteiger partial charge in [0, 0.05) is 0 Å². The van der Waals surface area contributed by atoms with Crippen molar-refractivity contribution in [3.63, 3.8) is 0 Å². The van der Waals surface area contributed by atoms with Crippen LogP contribution in [0, 0.1) is 5.92 Å². The highest BCUT2D eigenvalue weighted by molar-refractivity contribution is 8.00. The van der Waals surface area contributed by atoms with Crippen molar-refractivity contribution in [2.45, 2.75) is 39.4 Å². The number of ether oxygens (including phenoxy) is 1. The van der Waals surface area contributed by atoms with E-state index in [1.54, 1.807) is 11.8 Å². The third-order valence-corrected chi connectivity index (χ3v) is 3.34. The molecule has 2 nitrogen and oxygen atoms in total. The van der Waals surface area contributed by atoms with E-state index in [9.17, 15) is 4.79 Å². The van der Waals surface area contributed by atoms with Crippen LogP contribution in [0.3, 0.4) is 0 Å². The van der Waals surface area contributed by atoms with Crippen LogP contribution in [0.2, 0.25) is 0 Å². The van der Waals surface area contributed by atoms with Crippen LogP contribution in [0.5, 0.6) is 0 Å². The van der Waals surface area contributed by atoms with Crippen LogP contribution in [0.4, 0.5) is 0 Å². The summed E-state index contributed by atoms with van der Waals surface area (Å²) in [5.41, 5.74) is 0. The Hall–Kier alpha value is -0.180. The van der Waals surface area contributed by atoms with Crippen molar-refractivity contribution in [3.8, 4) is 0 Å². The molecule has 0 spiro atoms. The highest BCUT2D eigenvalue weighted by Crippen LogP contribution is 2.18. The molecule has 0 rings (SSSR count). The lowest BCUT2D eigenvalue weighted by Crippen LogP contribution is -2.20. The Labute approximate surface area is 85.4 Å². The van der Waals surface area contributed by atoms with E-state index in [0.717, 1.165) is 12.2 Å². The lowest BCUT2D eigenvalue weighted by Gasteiger charge is -2.14. The molecule has 0 saturated heterocycles. The van der Waals surface area contributed by atoms with Gasteiger partial charge in [-0.3, -0.25) is 4.79 Å². The molecule has 0 radical (unpaired) electrons. The summed E-state index contributed by atoms with van der Waals surface area (Å²) in [5, 5.41) is 0.0300. The maximum atomic E-state index is 11.3. The molecule has 0 amide bonds. The summed E-state index contributed by atoms with van der Waals surface area (Å²) in [6, 6.07) is 0. The third kappa shape index (κ3) is 5.97. The van der Waals surface area contributed by atoms with Crippen molar-refractivity contribution in [2.24, 2.45) is 5.92 Å². The number of hydrogen-bond acceptors (Lipinski definition) is 3. The second kappa shape index (κ2) is 7.25.